The number of carbonyl (C=O) groups excluding carboxylic acids is 1. The summed E-state index contributed by atoms with van der Waals surface area (Å²) >= 11 is 0. The van der Waals surface area contributed by atoms with Crippen LogP contribution in [0.25, 0.3) is 0 Å². The van der Waals surface area contributed by atoms with E-state index in [-0.39, 0.29) is 5.91 Å². The number of amides is 1. The highest BCUT2D eigenvalue weighted by molar-refractivity contribution is 5.94. The lowest BCUT2D eigenvalue weighted by molar-refractivity contribution is -0.122. The number of rotatable bonds is 7. The summed E-state index contributed by atoms with van der Waals surface area (Å²) in [5.41, 5.74) is 1.80. The van der Waals surface area contributed by atoms with E-state index >= 15 is 0 Å². The van der Waals surface area contributed by atoms with Crippen molar-refractivity contribution in [2.75, 3.05) is 11.9 Å². The van der Waals surface area contributed by atoms with E-state index < -0.39 is 6.10 Å². The molecule has 1 unspecified atom stereocenters. The minimum atomic E-state index is -0.535. The third-order valence-corrected chi connectivity index (χ3v) is 3.34. The Morgan fingerprint density at radius 1 is 1.09 bits per heavy atom. The maximum atomic E-state index is 12.4. The summed E-state index contributed by atoms with van der Waals surface area (Å²) in [5, 5.41) is 2.88. The maximum absolute atomic E-state index is 12.4. The fraction of sp³-hybridized carbons (Fsp3) is 0.316. The van der Waals surface area contributed by atoms with Crippen molar-refractivity contribution in [2.45, 2.75) is 33.3 Å². The average Bonchev–Trinajstić information content (AvgIpc) is 2.53. The Hall–Kier alpha value is -2.49. The number of benzene rings is 2. The Bertz CT molecular complexity index is 655. The second-order valence-electron chi connectivity index (χ2n) is 5.28. The summed E-state index contributed by atoms with van der Waals surface area (Å²) in [6.45, 7) is 6.43. The molecule has 0 saturated heterocycles. The quantitative estimate of drug-likeness (QED) is 0.833. The van der Waals surface area contributed by atoms with Crippen molar-refractivity contribution in [2.24, 2.45) is 0 Å². The van der Waals surface area contributed by atoms with Gasteiger partial charge < -0.3 is 14.8 Å². The van der Waals surface area contributed by atoms with Gasteiger partial charge in [0.1, 0.15) is 11.5 Å². The SMILES string of the molecule is CCOc1cccc(NC(=O)C(CC)Oc2cccc(C)c2)c1. The van der Waals surface area contributed by atoms with Crippen LogP contribution in [0.4, 0.5) is 5.69 Å². The van der Waals surface area contributed by atoms with E-state index in [1.165, 1.54) is 0 Å². The molecule has 0 bridgehead atoms. The Morgan fingerprint density at radius 3 is 2.52 bits per heavy atom. The summed E-state index contributed by atoms with van der Waals surface area (Å²) in [6, 6.07) is 15.0. The summed E-state index contributed by atoms with van der Waals surface area (Å²) in [5.74, 6) is 1.27. The Kier molecular flexibility index (Phi) is 6.03. The van der Waals surface area contributed by atoms with E-state index in [0.29, 0.717) is 24.5 Å². The lowest BCUT2D eigenvalue weighted by Gasteiger charge is -2.18. The number of aryl methyl sites for hydroxylation is 1. The van der Waals surface area contributed by atoms with Crippen molar-refractivity contribution in [1.82, 2.24) is 0 Å². The van der Waals surface area contributed by atoms with Gasteiger partial charge in [0.2, 0.25) is 0 Å². The van der Waals surface area contributed by atoms with Gasteiger partial charge in [0, 0.05) is 11.8 Å². The van der Waals surface area contributed by atoms with Crippen molar-refractivity contribution in [1.29, 1.82) is 0 Å². The average molecular weight is 313 g/mol. The smallest absolute Gasteiger partial charge is 0.265 e. The lowest BCUT2D eigenvalue weighted by atomic mass is 10.2. The van der Waals surface area contributed by atoms with Crippen molar-refractivity contribution in [3.05, 3.63) is 54.1 Å². The van der Waals surface area contributed by atoms with Gasteiger partial charge in [0.15, 0.2) is 6.10 Å². The van der Waals surface area contributed by atoms with Gasteiger partial charge in [-0.25, -0.2) is 0 Å². The van der Waals surface area contributed by atoms with E-state index in [0.717, 1.165) is 11.3 Å². The van der Waals surface area contributed by atoms with Gasteiger partial charge >= 0.3 is 0 Å². The molecule has 2 aromatic rings. The molecule has 2 aromatic carbocycles. The monoisotopic (exact) mass is 313 g/mol. The zero-order valence-electron chi connectivity index (χ0n) is 13.8. The molecule has 4 heteroatoms. The molecular weight excluding hydrogens is 290 g/mol. The van der Waals surface area contributed by atoms with E-state index in [9.17, 15) is 4.79 Å². The van der Waals surface area contributed by atoms with Gasteiger partial charge in [0.25, 0.3) is 5.91 Å². The van der Waals surface area contributed by atoms with Crippen molar-refractivity contribution < 1.29 is 14.3 Å². The molecule has 0 radical (unpaired) electrons. The van der Waals surface area contributed by atoms with Gasteiger partial charge in [-0.1, -0.05) is 25.1 Å². The third-order valence-electron chi connectivity index (χ3n) is 3.34. The molecule has 2 rings (SSSR count). The zero-order chi connectivity index (χ0) is 16.7. The molecule has 1 atom stereocenters. The maximum Gasteiger partial charge on any atom is 0.265 e. The second kappa shape index (κ2) is 8.22. The normalized spacial score (nSPS) is 11.6. The van der Waals surface area contributed by atoms with Crippen LogP contribution < -0.4 is 14.8 Å². The molecule has 0 fully saturated rings. The molecule has 0 aliphatic heterocycles. The first-order chi connectivity index (χ1) is 11.1. The van der Waals surface area contributed by atoms with Crippen molar-refractivity contribution in [3.8, 4) is 11.5 Å². The Labute approximate surface area is 137 Å². The van der Waals surface area contributed by atoms with E-state index in [2.05, 4.69) is 5.32 Å². The number of carbonyl (C=O) groups is 1. The highest BCUT2D eigenvalue weighted by Gasteiger charge is 2.18. The predicted octanol–water partition coefficient (Wildman–Crippen LogP) is 4.19. The molecule has 0 saturated carbocycles. The van der Waals surface area contributed by atoms with Gasteiger partial charge in [-0.15, -0.1) is 0 Å². The van der Waals surface area contributed by atoms with Gasteiger partial charge in [0.05, 0.1) is 6.61 Å². The largest absolute Gasteiger partial charge is 0.494 e. The van der Waals surface area contributed by atoms with Crippen molar-refractivity contribution >= 4 is 11.6 Å². The summed E-state index contributed by atoms with van der Waals surface area (Å²) in [4.78, 5) is 12.4. The van der Waals surface area contributed by atoms with E-state index in [1.807, 2.05) is 63.2 Å². The van der Waals surface area contributed by atoms with Crippen LogP contribution in [0.2, 0.25) is 0 Å². The zero-order valence-corrected chi connectivity index (χ0v) is 13.8. The molecule has 1 N–H and O–H groups in total. The van der Waals surface area contributed by atoms with Crippen LogP contribution in [0.3, 0.4) is 0 Å². The van der Waals surface area contributed by atoms with Crippen LogP contribution in [0.15, 0.2) is 48.5 Å². The number of hydrogen-bond donors (Lipinski definition) is 1. The number of nitrogens with one attached hydrogen (secondary N) is 1. The molecule has 0 heterocycles. The Balaban J connectivity index is 2.03. The molecule has 0 aliphatic carbocycles. The molecular formula is C19H23NO3. The van der Waals surface area contributed by atoms with Crippen LogP contribution in [-0.2, 0) is 4.79 Å². The fourth-order valence-electron chi connectivity index (χ4n) is 2.23. The molecule has 4 nitrogen and oxygen atoms in total. The minimum Gasteiger partial charge on any atom is -0.494 e. The lowest BCUT2D eigenvalue weighted by Crippen LogP contribution is -2.32. The highest BCUT2D eigenvalue weighted by atomic mass is 16.5. The van der Waals surface area contributed by atoms with Crippen LogP contribution >= 0.6 is 0 Å². The fourth-order valence-corrected chi connectivity index (χ4v) is 2.23. The number of ether oxygens (including phenoxy) is 2. The highest BCUT2D eigenvalue weighted by Crippen LogP contribution is 2.19. The summed E-state index contributed by atoms with van der Waals surface area (Å²) in [6.07, 6.45) is 0.0535. The number of hydrogen-bond acceptors (Lipinski definition) is 3. The first kappa shape index (κ1) is 16.9. The Morgan fingerprint density at radius 2 is 1.83 bits per heavy atom. The van der Waals surface area contributed by atoms with Crippen LogP contribution in [0.5, 0.6) is 11.5 Å². The first-order valence-corrected chi connectivity index (χ1v) is 7.89. The van der Waals surface area contributed by atoms with Gasteiger partial charge in [-0.2, -0.15) is 0 Å². The van der Waals surface area contributed by atoms with Crippen molar-refractivity contribution in [3.63, 3.8) is 0 Å². The summed E-state index contributed by atoms with van der Waals surface area (Å²) < 4.78 is 11.3. The molecule has 0 aliphatic rings. The van der Waals surface area contributed by atoms with Gasteiger partial charge in [-0.3, -0.25) is 4.79 Å². The van der Waals surface area contributed by atoms with Crippen LogP contribution in [-0.4, -0.2) is 18.6 Å². The molecule has 1 amide bonds. The van der Waals surface area contributed by atoms with Crippen LogP contribution in [0, 0.1) is 6.92 Å². The van der Waals surface area contributed by atoms with E-state index in [1.54, 1.807) is 6.07 Å². The first-order valence-electron chi connectivity index (χ1n) is 7.89. The number of anilines is 1. The minimum absolute atomic E-state index is 0.164. The second-order valence-corrected chi connectivity index (χ2v) is 5.28. The summed E-state index contributed by atoms with van der Waals surface area (Å²) in [7, 11) is 0. The van der Waals surface area contributed by atoms with Crippen LogP contribution in [0.1, 0.15) is 25.8 Å². The third kappa shape index (κ3) is 5.02. The molecule has 0 aromatic heterocycles. The molecule has 23 heavy (non-hydrogen) atoms. The topological polar surface area (TPSA) is 47.6 Å². The molecule has 122 valence electrons. The predicted molar refractivity (Wildman–Crippen MR) is 92.1 cm³/mol. The van der Waals surface area contributed by atoms with Gasteiger partial charge in [-0.05, 0) is 50.1 Å². The standard InChI is InChI=1S/C19H23NO3/c1-4-18(23-17-11-6-8-14(3)12-17)19(21)20-15-9-7-10-16(13-15)22-5-2/h6-13,18H,4-5H2,1-3H3,(H,20,21). The van der Waals surface area contributed by atoms with E-state index in [4.69, 9.17) is 9.47 Å². The molecule has 0 spiro atoms.